The van der Waals surface area contributed by atoms with Gasteiger partial charge < -0.3 is 4.90 Å². The molecule has 0 spiro atoms. The lowest BCUT2D eigenvalue weighted by atomic mass is 10.3. The van der Waals surface area contributed by atoms with E-state index in [-0.39, 0.29) is 0 Å². The van der Waals surface area contributed by atoms with E-state index in [0.717, 1.165) is 19.0 Å². The molecule has 13 heavy (non-hydrogen) atoms. The third-order valence-corrected chi connectivity index (χ3v) is 2.21. The first kappa shape index (κ1) is 12.5. The zero-order valence-electron chi connectivity index (χ0n) is 9.47. The Balaban J connectivity index is 0.000000671. The van der Waals surface area contributed by atoms with Gasteiger partial charge in [-0.2, -0.15) is 0 Å². The second-order valence-corrected chi connectivity index (χ2v) is 3.23. The van der Waals surface area contributed by atoms with Crippen LogP contribution in [0.2, 0.25) is 0 Å². The molecule has 2 heteroatoms. The Labute approximate surface area is 82.3 Å². The van der Waals surface area contributed by atoms with E-state index in [1.807, 2.05) is 25.7 Å². The van der Waals surface area contributed by atoms with Crippen molar-refractivity contribution in [3.05, 3.63) is 0 Å². The van der Waals surface area contributed by atoms with Crippen molar-refractivity contribution in [2.75, 3.05) is 13.1 Å². The summed E-state index contributed by atoms with van der Waals surface area (Å²) in [6, 6.07) is 0. The maximum absolute atomic E-state index is 11.2. The topological polar surface area (TPSA) is 20.3 Å². The van der Waals surface area contributed by atoms with E-state index >= 15 is 0 Å². The third-order valence-electron chi connectivity index (χ3n) is 2.21. The van der Waals surface area contributed by atoms with Crippen LogP contribution in [0.5, 0.6) is 0 Å². The molecular formula is C11H23NO. The molecule has 0 aromatic heterocycles. The van der Waals surface area contributed by atoms with Gasteiger partial charge in [0.2, 0.25) is 5.91 Å². The summed E-state index contributed by atoms with van der Waals surface area (Å²) < 4.78 is 0. The molecule has 0 aliphatic heterocycles. The van der Waals surface area contributed by atoms with Gasteiger partial charge in [-0.1, -0.05) is 20.8 Å². The Bertz CT molecular complexity index is 141. The Kier molecular flexibility index (Phi) is 6.65. The second kappa shape index (κ2) is 6.93. The Morgan fingerprint density at radius 2 is 1.85 bits per heavy atom. The second-order valence-electron chi connectivity index (χ2n) is 3.23. The number of carbonyl (C=O) groups excluding carboxylic acids is 1. The molecule has 0 heterocycles. The average Bonchev–Trinajstić information content (AvgIpc) is 3.00. The molecule has 0 unspecified atom stereocenters. The Hall–Kier alpha value is -0.530. The van der Waals surface area contributed by atoms with Crippen LogP contribution in [-0.2, 0) is 4.79 Å². The summed E-state index contributed by atoms with van der Waals surface area (Å²) in [6.07, 6.45) is 3.31. The van der Waals surface area contributed by atoms with Crippen LogP contribution >= 0.6 is 0 Å². The third kappa shape index (κ3) is 4.91. The summed E-state index contributed by atoms with van der Waals surface area (Å²) in [4.78, 5) is 13.2. The van der Waals surface area contributed by atoms with E-state index < -0.39 is 0 Å². The highest BCUT2D eigenvalue weighted by Gasteiger charge is 2.25. The van der Waals surface area contributed by atoms with Gasteiger partial charge in [-0.3, -0.25) is 4.79 Å². The zero-order valence-corrected chi connectivity index (χ0v) is 9.47. The number of hydrogen-bond acceptors (Lipinski definition) is 1. The van der Waals surface area contributed by atoms with Crippen LogP contribution in [0.25, 0.3) is 0 Å². The monoisotopic (exact) mass is 185 g/mol. The Morgan fingerprint density at radius 1 is 1.31 bits per heavy atom. The maximum atomic E-state index is 11.2. The standard InChI is InChI=1S/C9H17NO.C2H6/c1-3-9(11)10(4-2)7-8-5-6-8;1-2/h8H,3-7H2,1-2H3;1-2H3. The lowest BCUT2D eigenvalue weighted by molar-refractivity contribution is -0.130. The molecule has 1 amide bonds. The van der Waals surface area contributed by atoms with E-state index in [1.165, 1.54) is 12.8 Å². The minimum Gasteiger partial charge on any atom is -0.343 e. The number of hydrogen-bond donors (Lipinski definition) is 0. The van der Waals surface area contributed by atoms with Gasteiger partial charge in [0.05, 0.1) is 0 Å². The molecule has 1 aliphatic carbocycles. The van der Waals surface area contributed by atoms with Crippen molar-refractivity contribution in [1.82, 2.24) is 4.90 Å². The van der Waals surface area contributed by atoms with Crippen LogP contribution in [0.3, 0.4) is 0 Å². The largest absolute Gasteiger partial charge is 0.343 e. The molecule has 78 valence electrons. The zero-order chi connectivity index (χ0) is 10.3. The summed E-state index contributed by atoms with van der Waals surface area (Å²) in [5, 5.41) is 0. The van der Waals surface area contributed by atoms with Crippen LogP contribution in [0, 0.1) is 5.92 Å². The molecule has 0 aromatic rings. The SMILES string of the molecule is CC.CCC(=O)N(CC)CC1CC1. The molecule has 1 aliphatic rings. The van der Waals surface area contributed by atoms with Crippen molar-refractivity contribution < 1.29 is 4.79 Å². The molecule has 0 atom stereocenters. The maximum Gasteiger partial charge on any atom is 0.222 e. The average molecular weight is 185 g/mol. The molecule has 2 nitrogen and oxygen atoms in total. The lowest BCUT2D eigenvalue weighted by Gasteiger charge is -2.19. The van der Waals surface area contributed by atoms with E-state index in [1.54, 1.807) is 0 Å². The van der Waals surface area contributed by atoms with E-state index in [0.29, 0.717) is 12.3 Å². The van der Waals surface area contributed by atoms with Crippen molar-refractivity contribution in [3.63, 3.8) is 0 Å². The molecule has 1 fully saturated rings. The highest BCUT2D eigenvalue weighted by Crippen LogP contribution is 2.29. The van der Waals surface area contributed by atoms with Crippen molar-refractivity contribution in [3.8, 4) is 0 Å². The summed E-state index contributed by atoms with van der Waals surface area (Å²) >= 11 is 0. The van der Waals surface area contributed by atoms with E-state index in [4.69, 9.17) is 0 Å². The van der Waals surface area contributed by atoms with Crippen LogP contribution < -0.4 is 0 Å². The van der Waals surface area contributed by atoms with Crippen molar-refractivity contribution in [1.29, 1.82) is 0 Å². The highest BCUT2D eigenvalue weighted by molar-refractivity contribution is 5.75. The van der Waals surface area contributed by atoms with Gasteiger partial charge in [0, 0.05) is 19.5 Å². The minimum atomic E-state index is 0.305. The van der Waals surface area contributed by atoms with Crippen molar-refractivity contribution in [2.24, 2.45) is 5.92 Å². The summed E-state index contributed by atoms with van der Waals surface area (Å²) in [6.45, 7) is 9.86. The van der Waals surface area contributed by atoms with Gasteiger partial charge in [-0.25, -0.2) is 0 Å². The molecular weight excluding hydrogens is 162 g/mol. The fraction of sp³-hybridized carbons (Fsp3) is 0.909. The van der Waals surface area contributed by atoms with Crippen molar-refractivity contribution in [2.45, 2.75) is 47.0 Å². The Morgan fingerprint density at radius 3 is 2.15 bits per heavy atom. The summed E-state index contributed by atoms with van der Waals surface area (Å²) in [7, 11) is 0. The minimum absolute atomic E-state index is 0.305. The fourth-order valence-corrected chi connectivity index (χ4v) is 1.24. The van der Waals surface area contributed by atoms with Gasteiger partial charge in [0.25, 0.3) is 0 Å². The van der Waals surface area contributed by atoms with Gasteiger partial charge >= 0.3 is 0 Å². The first-order valence-corrected chi connectivity index (χ1v) is 5.55. The van der Waals surface area contributed by atoms with E-state index in [9.17, 15) is 4.79 Å². The molecule has 0 radical (unpaired) electrons. The first-order chi connectivity index (χ1) is 6.27. The highest BCUT2D eigenvalue weighted by atomic mass is 16.2. The van der Waals surface area contributed by atoms with Crippen LogP contribution in [-0.4, -0.2) is 23.9 Å². The summed E-state index contributed by atoms with van der Waals surface area (Å²) in [5.74, 6) is 1.13. The van der Waals surface area contributed by atoms with Crippen LogP contribution in [0.15, 0.2) is 0 Å². The molecule has 1 rings (SSSR count). The number of amides is 1. The molecule has 0 N–H and O–H groups in total. The molecule has 0 aromatic carbocycles. The first-order valence-electron chi connectivity index (χ1n) is 5.55. The van der Waals surface area contributed by atoms with Crippen molar-refractivity contribution >= 4 is 5.91 Å². The predicted octanol–water partition coefficient (Wildman–Crippen LogP) is 2.68. The fourth-order valence-electron chi connectivity index (χ4n) is 1.24. The number of carbonyl (C=O) groups is 1. The van der Waals surface area contributed by atoms with Gasteiger partial charge in [-0.05, 0) is 25.7 Å². The predicted molar refractivity (Wildman–Crippen MR) is 56.6 cm³/mol. The lowest BCUT2D eigenvalue weighted by Crippen LogP contribution is -2.31. The quantitative estimate of drug-likeness (QED) is 0.659. The molecule has 0 saturated heterocycles. The van der Waals surface area contributed by atoms with Crippen LogP contribution in [0.4, 0.5) is 0 Å². The van der Waals surface area contributed by atoms with E-state index in [2.05, 4.69) is 6.92 Å². The molecule has 0 bridgehead atoms. The van der Waals surface area contributed by atoms with Gasteiger partial charge in [-0.15, -0.1) is 0 Å². The van der Waals surface area contributed by atoms with Gasteiger partial charge in [0.15, 0.2) is 0 Å². The molecule has 1 saturated carbocycles. The smallest absolute Gasteiger partial charge is 0.222 e. The number of rotatable bonds is 4. The summed E-state index contributed by atoms with van der Waals surface area (Å²) in [5.41, 5.74) is 0. The number of nitrogens with zero attached hydrogens (tertiary/aromatic N) is 1. The normalized spacial score (nSPS) is 14.5. The van der Waals surface area contributed by atoms with Gasteiger partial charge in [0.1, 0.15) is 0 Å². The van der Waals surface area contributed by atoms with Crippen LogP contribution in [0.1, 0.15) is 47.0 Å².